The Morgan fingerprint density at radius 3 is 2.74 bits per heavy atom. The molecule has 0 spiro atoms. The van der Waals surface area contributed by atoms with E-state index in [4.69, 9.17) is 4.74 Å². The van der Waals surface area contributed by atoms with Crippen molar-refractivity contribution in [2.45, 2.75) is 19.4 Å². The molecule has 3 N–H and O–H groups in total. The van der Waals surface area contributed by atoms with Gasteiger partial charge in [0.05, 0.1) is 6.10 Å². The highest BCUT2D eigenvalue weighted by molar-refractivity contribution is 5.83. The number of amides is 2. The van der Waals surface area contributed by atoms with E-state index in [0.717, 1.165) is 22.8 Å². The first kappa shape index (κ1) is 17.2. The maximum absolute atomic E-state index is 11.6. The zero-order valence-electron chi connectivity index (χ0n) is 13.4. The molecule has 2 rings (SSSR count). The molecule has 0 fully saturated rings. The van der Waals surface area contributed by atoms with Gasteiger partial charge in [0, 0.05) is 26.3 Å². The summed E-state index contributed by atoms with van der Waals surface area (Å²) >= 11 is 0. The molecule has 0 saturated carbocycles. The van der Waals surface area contributed by atoms with Gasteiger partial charge in [-0.3, -0.25) is 0 Å². The Labute approximate surface area is 136 Å². The SMILES string of the molecule is CCOCCCNC(=O)NCC(O)c1ccc2ccccc2c1. The highest BCUT2D eigenvalue weighted by Gasteiger charge is 2.09. The van der Waals surface area contributed by atoms with E-state index in [0.29, 0.717) is 19.8 Å². The summed E-state index contributed by atoms with van der Waals surface area (Å²) in [5.74, 6) is 0. The lowest BCUT2D eigenvalue weighted by Gasteiger charge is -2.13. The largest absolute Gasteiger partial charge is 0.387 e. The predicted molar refractivity (Wildman–Crippen MR) is 91.4 cm³/mol. The molecule has 0 aliphatic rings. The van der Waals surface area contributed by atoms with Gasteiger partial charge in [0.25, 0.3) is 0 Å². The van der Waals surface area contributed by atoms with Crippen molar-refractivity contribution in [1.29, 1.82) is 0 Å². The summed E-state index contributed by atoms with van der Waals surface area (Å²) in [4.78, 5) is 11.6. The smallest absolute Gasteiger partial charge is 0.314 e. The molecule has 2 aromatic carbocycles. The molecule has 5 nitrogen and oxygen atoms in total. The van der Waals surface area contributed by atoms with E-state index < -0.39 is 6.10 Å². The number of fused-ring (bicyclic) bond motifs is 1. The van der Waals surface area contributed by atoms with E-state index in [1.165, 1.54) is 0 Å². The second-order valence-corrected chi connectivity index (χ2v) is 5.31. The Morgan fingerprint density at radius 1 is 1.17 bits per heavy atom. The number of carbonyl (C=O) groups is 1. The van der Waals surface area contributed by atoms with Gasteiger partial charge in [-0.05, 0) is 35.7 Å². The summed E-state index contributed by atoms with van der Waals surface area (Å²) < 4.78 is 5.19. The lowest BCUT2D eigenvalue weighted by molar-refractivity contribution is 0.144. The molecular formula is C18H24N2O3. The summed E-state index contributed by atoms with van der Waals surface area (Å²) in [6, 6.07) is 13.5. The molecule has 5 heteroatoms. The van der Waals surface area contributed by atoms with E-state index in [1.54, 1.807) is 0 Å². The number of rotatable bonds is 8. The van der Waals surface area contributed by atoms with Crippen molar-refractivity contribution in [1.82, 2.24) is 10.6 Å². The molecule has 23 heavy (non-hydrogen) atoms. The maximum atomic E-state index is 11.6. The number of carbonyl (C=O) groups excluding carboxylic acids is 1. The third-order valence-electron chi connectivity index (χ3n) is 3.57. The van der Waals surface area contributed by atoms with Gasteiger partial charge in [0.15, 0.2) is 0 Å². The lowest BCUT2D eigenvalue weighted by atomic mass is 10.0. The van der Waals surface area contributed by atoms with Gasteiger partial charge in [-0.25, -0.2) is 4.79 Å². The fourth-order valence-corrected chi connectivity index (χ4v) is 2.31. The number of hydrogen-bond acceptors (Lipinski definition) is 3. The third kappa shape index (κ3) is 5.54. The zero-order chi connectivity index (χ0) is 16.5. The van der Waals surface area contributed by atoms with Crippen LogP contribution in [0.3, 0.4) is 0 Å². The highest BCUT2D eigenvalue weighted by atomic mass is 16.5. The first-order valence-electron chi connectivity index (χ1n) is 7.97. The summed E-state index contributed by atoms with van der Waals surface area (Å²) in [6.45, 7) is 3.99. The molecule has 0 heterocycles. The third-order valence-corrected chi connectivity index (χ3v) is 3.57. The zero-order valence-corrected chi connectivity index (χ0v) is 13.4. The van der Waals surface area contributed by atoms with Crippen LogP contribution in [0.2, 0.25) is 0 Å². The van der Waals surface area contributed by atoms with Crippen molar-refractivity contribution in [2.24, 2.45) is 0 Å². The van der Waals surface area contributed by atoms with E-state index in [1.807, 2.05) is 49.4 Å². The van der Waals surface area contributed by atoms with Crippen LogP contribution >= 0.6 is 0 Å². The topological polar surface area (TPSA) is 70.6 Å². The summed E-state index contributed by atoms with van der Waals surface area (Å²) in [7, 11) is 0. The summed E-state index contributed by atoms with van der Waals surface area (Å²) in [5, 5.41) is 17.8. The minimum Gasteiger partial charge on any atom is -0.387 e. The molecule has 0 radical (unpaired) electrons. The van der Waals surface area contributed by atoms with Crippen LogP contribution in [0.5, 0.6) is 0 Å². The molecule has 0 bridgehead atoms. The number of benzene rings is 2. The van der Waals surface area contributed by atoms with Gasteiger partial charge >= 0.3 is 6.03 Å². The summed E-state index contributed by atoms with van der Waals surface area (Å²) in [5.41, 5.74) is 0.792. The van der Waals surface area contributed by atoms with E-state index >= 15 is 0 Å². The van der Waals surface area contributed by atoms with Crippen molar-refractivity contribution < 1.29 is 14.6 Å². The van der Waals surface area contributed by atoms with Gasteiger partial charge in [-0.15, -0.1) is 0 Å². The molecule has 0 aliphatic heterocycles. The molecule has 0 saturated heterocycles. The van der Waals surface area contributed by atoms with Gasteiger partial charge < -0.3 is 20.5 Å². The summed E-state index contributed by atoms with van der Waals surface area (Å²) in [6.07, 6.45) is 0.0443. The van der Waals surface area contributed by atoms with Crippen LogP contribution in [0.1, 0.15) is 25.0 Å². The molecule has 0 aromatic heterocycles. The maximum Gasteiger partial charge on any atom is 0.314 e. The van der Waals surface area contributed by atoms with E-state index in [9.17, 15) is 9.90 Å². The number of hydrogen-bond donors (Lipinski definition) is 3. The van der Waals surface area contributed by atoms with Crippen LogP contribution < -0.4 is 10.6 Å². The number of aliphatic hydroxyl groups excluding tert-OH is 1. The Bertz CT molecular complexity index is 630. The fraction of sp³-hybridized carbons (Fsp3) is 0.389. The minimum atomic E-state index is -0.728. The van der Waals surface area contributed by atoms with Crippen molar-refractivity contribution in [3.63, 3.8) is 0 Å². The van der Waals surface area contributed by atoms with Gasteiger partial charge in [-0.2, -0.15) is 0 Å². The van der Waals surface area contributed by atoms with Crippen LogP contribution in [0.25, 0.3) is 10.8 Å². The molecule has 124 valence electrons. The Balaban J connectivity index is 1.77. The van der Waals surface area contributed by atoms with Crippen LogP contribution in [-0.2, 0) is 4.74 Å². The van der Waals surface area contributed by atoms with Crippen LogP contribution in [0.4, 0.5) is 4.79 Å². The average molecular weight is 316 g/mol. The average Bonchev–Trinajstić information content (AvgIpc) is 2.59. The standard InChI is InChI=1S/C18H24N2O3/c1-2-23-11-5-10-19-18(22)20-13-17(21)16-9-8-14-6-3-4-7-15(14)12-16/h3-4,6-9,12,17,21H,2,5,10-11,13H2,1H3,(H2,19,20,22). The molecule has 0 aliphatic carbocycles. The first-order valence-corrected chi connectivity index (χ1v) is 7.97. The number of aliphatic hydroxyl groups is 1. The molecule has 2 aromatic rings. The number of ether oxygens (including phenoxy) is 1. The van der Waals surface area contributed by atoms with Crippen molar-refractivity contribution in [2.75, 3.05) is 26.3 Å². The number of urea groups is 1. The van der Waals surface area contributed by atoms with Crippen LogP contribution in [0, 0.1) is 0 Å². The normalized spacial score (nSPS) is 12.1. The molecule has 2 amide bonds. The predicted octanol–water partition coefficient (Wildman–Crippen LogP) is 2.60. The van der Waals surface area contributed by atoms with Gasteiger partial charge in [0.1, 0.15) is 0 Å². The molecule has 1 atom stereocenters. The quantitative estimate of drug-likeness (QED) is 0.656. The fourth-order valence-electron chi connectivity index (χ4n) is 2.31. The first-order chi connectivity index (χ1) is 11.2. The Kier molecular flexibility index (Phi) is 6.84. The van der Waals surface area contributed by atoms with Crippen molar-refractivity contribution in [3.8, 4) is 0 Å². The van der Waals surface area contributed by atoms with E-state index in [2.05, 4.69) is 10.6 Å². The minimum absolute atomic E-state index is 0.176. The van der Waals surface area contributed by atoms with Crippen LogP contribution in [-0.4, -0.2) is 37.4 Å². The second-order valence-electron chi connectivity index (χ2n) is 5.31. The highest BCUT2D eigenvalue weighted by Crippen LogP contribution is 2.19. The Hall–Kier alpha value is -2.11. The van der Waals surface area contributed by atoms with Crippen molar-refractivity contribution >= 4 is 16.8 Å². The van der Waals surface area contributed by atoms with Gasteiger partial charge in [0.2, 0.25) is 0 Å². The lowest BCUT2D eigenvalue weighted by Crippen LogP contribution is -2.38. The van der Waals surface area contributed by atoms with Crippen LogP contribution in [0.15, 0.2) is 42.5 Å². The molecule has 1 unspecified atom stereocenters. The second kappa shape index (κ2) is 9.12. The Morgan fingerprint density at radius 2 is 1.96 bits per heavy atom. The van der Waals surface area contributed by atoms with Crippen molar-refractivity contribution in [3.05, 3.63) is 48.0 Å². The monoisotopic (exact) mass is 316 g/mol. The molecular weight excluding hydrogens is 292 g/mol. The van der Waals surface area contributed by atoms with E-state index in [-0.39, 0.29) is 12.6 Å². The van der Waals surface area contributed by atoms with Gasteiger partial charge in [-0.1, -0.05) is 36.4 Å². The number of nitrogens with one attached hydrogen (secondary N) is 2.